The molecule has 0 aromatic carbocycles. The highest BCUT2D eigenvalue weighted by Gasteiger charge is 2.58. The molecule has 6 nitrogen and oxygen atoms in total. The van der Waals surface area contributed by atoms with Gasteiger partial charge in [0.2, 0.25) is 6.10 Å². The summed E-state index contributed by atoms with van der Waals surface area (Å²) in [5.74, 6) is -1.94. The number of aryl methyl sites for hydroxylation is 1. The van der Waals surface area contributed by atoms with Gasteiger partial charge in [0.1, 0.15) is 12.2 Å². The van der Waals surface area contributed by atoms with Gasteiger partial charge in [-0.25, -0.2) is 0 Å². The summed E-state index contributed by atoms with van der Waals surface area (Å²) in [7, 11) is 1.23. The lowest BCUT2D eigenvalue weighted by molar-refractivity contribution is -0.319. The third-order valence-corrected chi connectivity index (χ3v) is 4.14. The molecule has 1 rings (SSSR count). The Morgan fingerprint density at radius 2 is 1.70 bits per heavy atom. The number of ketones is 1. The number of rotatable bonds is 9. The number of ether oxygens (including phenoxy) is 2. The number of pyridine rings is 1. The van der Waals surface area contributed by atoms with Crippen LogP contribution in [0.25, 0.3) is 0 Å². The number of carbonyl (C=O) groups excluding carboxylic acids is 2. The zero-order valence-corrected chi connectivity index (χ0v) is 16.6. The van der Waals surface area contributed by atoms with Crippen LogP contribution in [0.1, 0.15) is 25.1 Å². The van der Waals surface area contributed by atoms with Crippen molar-refractivity contribution in [2.75, 3.05) is 13.7 Å². The number of amides is 1. The molecule has 1 atom stereocenters. The van der Waals surface area contributed by atoms with Crippen LogP contribution in [-0.4, -0.2) is 60.5 Å². The Morgan fingerprint density at radius 3 is 2.17 bits per heavy atom. The SMILES string of the molecule is COC(C)(C)C(=O)NC(Cc1ccnc(C)c1)C(=O)COC(C(F)(F)F)C(F)(F)F. The average molecular weight is 444 g/mol. The first-order chi connectivity index (χ1) is 13.6. The van der Waals surface area contributed by atoms with E-state index in [0.717, 1.165) is 0 Å². The van der Waals surface area contributed by atoms with Gasteiger partial charge in [0, 0.05) is 19.0 Å². The zero-order valence-electron chi connectivity index (χ0n) is 16.6. The number of alkyl halides is 6. The van der Waals surface area contributed by atoms with Gasteiger partial charge >= 0.3 is 12.4 Å². The first-order valence-corrected chi connectivity index (χ1v) is 8.63. The molecule has 0 aliphatic rings. The van der Waals surface area contributed by atoms with Crippen molar-refractivity contribution in [2.45, 2.75) is 57.3 Å². The van der Waals surface area contributed by atoms with E-state index in [9.17, 15) is 35.9 Å². The molecule has 0 bridgehead atoms. The highest BCUT2D eigenvalue weighted by atomic mass is 19.4. The minimum atomic E-state index is -5.75. The molecule has 12 heteroatoms. The van der Waals surface area contributed by atoms with Crippen molar-refractivity contribution < 1.29 is 45.4 Å². The summed E-state index contributed by atoms with van der Waals surface area (Å²) in [6.45, 7) is 2.89. The highest BCUT2D eigenvalue weighted by molar-refractivity contribution is 5.92. The number of nitrogens with one attached hydrogen (secondary N) is 1. The summed E-state index contributed by atoms with van der Waals surface area (Å²) < 4.78 is 84.6. The Hall–Kier alpha value is -2.21. The first kappa shape index (κ1) is 25.8. The van der Waals surface area contributed by atoms with E-state index in [1.165, 1.54) is 33.2 Å². The predicted molar refractivity (Wildman–Crippen MR) is 92.6 cm³/mol. The third-order valence-electron chi connectivity index (χ3n) is 4.14. The summed E-state index contributed by atoms with van der Waals surface area (Å²) in [4.78, 5) is 28.7. The zero-order chi connectivity index (χ0) is 23.3. The van der Waals surface area contributed by atoms with E-state index in [2.05, 4.69) is 15.0 Å². The van der Waals surface area contributed by atoms with Crippen molar-refractivity contribution in [3.63, 3.8) is 0 Å². The van der Waals surface area contributed by atoms with Crippen LogP contribution in [0.15, 0.2) is 18.3 Å². The van der Waals surface area contributed by atoms with Crippen molar-refractivity contribution in [3.05, 3.63) is 29.6 Å². The van der Waals surface area contributed by atoms with E-state index >= 15 is 0 Å². The molecule has 1 amide bonds. The molecule has 0 spiro atoms. The van der Waals surface area contributed by atoms with Gasteiger partial charge < -0.3 is 14.8 Å². The lowest BCUT2D eigenvalue weighted by Crippen LogP contribution is -2.53. The van der Waals surface area contributed by atoms with Gasteiger partial charge in [0.15, 0.2) is 5.78 Å². The molecule has 1 heterocycles. The molecule has 170 valence electrons. The maximum atomic E-state index is 12.6. The first-order valence-electron chi connectivity index (χ1n) is 8.63. The topological polar surface area (TPSA) is 77.5 Å². The second-order valence-electron chi connectivity index (χ2n) is 6.99. The van der Waals surface area contributed by atoms with E-state index in [1.807, 2.05) is 0 Å². The molecule has 1 unspecified atom stereocenters. The van der Waals surface area contributed by atoms with Crippen LogP contribution in [0.5, 0.6) is 0 Å². The molecule has 0 saturated carbocycles. The Morgan fingerprint density at radius 1 is 1.13 bits per heavy atom. The van der Waals surface area contributed by atoms with Crippen LogP contribution in [-0.2, 0) is 25.5 Å². The van der Waals surface area contributed by atoms with Crippen LogP contribution in [0.4, 0.5) is 26.3 Å². The summed E-state index contributed by atoms with van der Waals surface area (Å²) in [5.41, 5.74) is -0.346. The Balaban J connectivity index is 3.05. The van der Waals surface area contributed by atoms with Gasteiger partial charge in [0.05, 0.1) is 6.04 Å². The smallest absolute Gasteiger partial charge is 0.369 e. The molecule has 30 heavy (non-hydrogen) atoms. The van der Waals surface area contributed by atoms with Crippen LogP contribution in [0, 0.1) is 6.92 Å². The van der Waals surface area contributed by atoms with E-state index < -0.39 is 48.4 Å². The fourth-order valence-corrected chi connectivity index (χ4v) is 2.28. The van der Waals surface area contributed by atoms with Gasteiger partial charge in [-0.3, -0.25) is 14.6 Å². The second-order valence-corrected chi connectivity index (χ2v) is 6.99. The normalized spacial score (nSPS) is 14.0. The number of methoxy groups -OCH3 is 1. The molecule has 0 fully saturated rings. The van der Waals surface area contributed by atoms with Crippen LogP contribution in [0.3, 0.4) is 0 Å². The number of nitrogens with zero attached hydrogens (tertiary/aromatic N) is 1. The summed E-state index contributed by atoms with van der Waals surface area (Å²) in [5, 5.41) is 2.30. The minimum absolute atomic E-state index is 0.195. The van der Waals surface area contributed by atoms with Gasteiger partial charge in [-0.15, -0.1) is 0 Å². The van der Waals surface area contributed by atoms with Crippen molar-refractivity contribution in [3.8, 4) is 0 Å². The molecular formula is C18H22F6N2O4. The second kappa shape index (κ2) is 9.73. The Kier molecular flexibility index (Phi) is 8.38. The summed E-state index contributed by atoms with van der Waals surface area (Å²) in [6, 6.07) is 1.61. The monoisotopic (exact) mass is 444 g/mol. The summed E-state index contributed by atoms with van der Waals surface area (Å²) in [6.07, 6.45) is -14.4. The number of Topliss-reactive ketones (excluding diaryl/α,β-unsaturated/α-hetero) is 1. The number of carbonyl (C=O) groups is 2. The maximum Gasteiger partial charge on any atom is 0.423 e. The number of hydrogen-bond acceptors (Lipinski definition) is 5. The predicted octanol–water partition coefficient (Wildman–Crippen LogP) is 2.92. The molecule has 0 saturated heterocycles. The van der Waals surface area contributed by atoms with Crippen LogP contribution < -0.4 is 5.32 Å². The number of aromatic nitrogens is 1. The average Bonchev–Trinajstić information content (AvgIpc) is 2.58. The van der Waals surface area contributed by atoms with Crippen molar-refractivity contribution in [2.24, 2.45) is 0 Å². The van der Waals surface area contributed by atoms with E-state index in [1.54, 1.807) is 13.0 Å². The lowest BCUT2D eigenvalue weighted by Gasteiger charge is -2.27. The maximum absolute atomic E-state index is 12.6. The number of hydrogen-bond donors (Lipinski definition) is 1. The van der Waals surface area contributed by atoms with Gasteiger partial charge in [-0.05, 0) is 44.9 Å². The Bertz CT molecular complexity index is 735. The quantitative estimate of drug-likeness (QED) is 0.593. The van der Waals surface area contributed by atoms with Crippen LogP contribution >= 0.6 is 0 Å². The third kappa shape index (κ3) is 7.56. The summed E-state index contributed by atoms with van der Waals surface area (Å²) >= 11 is 0. The van der Waals surface area contributed by atoms with Gasteiger partial charge in [0.25, 0.3) is 5.91 Å². The van der Waals surface area contributed by atoms with E-state index in [-0.39, 0.29) is 6.42 Å². The fraction of sp³-hybridized carbons (Fsp3) is 0.611. The molecular weight excluding hydrogens is 422 g/mol. The minimum Gasteiger partial charge on any atom is -0.369 e. The van der Waals surface area contributed by atoms with Crippen molar-refractivity contribution in [1.29, 1.82) is 0 Å². The molecule has 0 aliphatic carbocycles. The fourth-order valence-electron chi connectivity index (χ4n) is 2.28. The standard InChI is InChI=1S/C18H22F6N2O4/c1-10-7-11(5-6-25-10)8-12(26-15(28)16(2,3)29-4)13(27)9-30-14(17(19,20)21)18(22,23)24/h5-7,12,14H,8-9H2,1-4H3,(H,26,28). The Labute approximate surface area is 168 Å². The molecule has 0 aliphatic heterocycles. The van der Waals surface area contributed by atoms with Gasteiger partial charge in [-0.1, -0.05) is 0 Å². The molecule has 1 aromatic heterocycles. The highest BCUT2D eigenvalue weighted by Crippen LogP contribution is 2.35. The van der Waals surface area contributed by atoms with Crippen molar-refractivity contribution >= 4 is 11.7 Å². The molecule has 1 aromatic rings. The largest absolute Gasteiger partial charge is 0.423 e. The van der Waals surface area contributed by atoms with E-state index in [4.69, 9.17) is 4.74 Å². The molecule has 0 radical (unpaired) electrons. The lowest BCUT2D eigenvalue weighted by atomic mass is 10.0. The van der Waals surface area contributed by atoms with E-state index in [0.29, 0.717) is 11.3 Å². The molecule has 1 N–H and O–H groups in total. The van der Waals surface area contributed by atoms with Gasteiger partial charge in [-0.2, -0.15) is 26.3 Å². The number of halogens is 6. The van der Waals surface area contributed by atoms with Crippen molar-refractivity contribution in [1.82, 2.24) is 10.3 Å². The van der Waals surface area contributed by atoms with Crippen LogP contribution in [0.2, 0.25) is 0 Å².